The number of rotatable bonds is 7. The Bertz CT molecular complexity index is 1110. The van der Waals surface area contributed by atoms with Crippen molar-refractivity contribution < 1.29 is 27.5 Å². The summed E-state index contributed by atoms with van der Waals surface area (Å²) in [6.07, 6.45) is -4.00. The van der Waals surface area contributed by atoms with E-state index in [1.165, 1.54) is 42.5 Å². The average Bonchev–Trinajstić information content (AvgIpc) is 3.19. The maximum absolute atomic E-state index is 13.8. The number of nitrogens with one attached hydrogen (secondary N) is 2. The highest BCUT2D eigenvalue weighted by molar-refractivity contribution is 6.30. The number of halogens is 4. The molecule has 0 saturated heterocycles. The number of ether oxygens (including phenoxy) is 1. The van der Waals surface area contributed by atoms with Gasteiger partial charge in [-0.15, -0.1) is 0 Å². The molecule has 168 valence electrons. The van der Waals surface area contributed by atoms with Crippen LogP contribution < -0.4 is 15.4 Å². The second-order valence-electron chi connectivity index (χ2n) is 6.52. The molecule has 0 unspecified atom stereocenters. The number of hydrogen-bond acceptors (Lipinski definition) is 4. The monoisotopic (exact) mass is 466 g/mol. The largest absolute Gasteiger partial charge is 0.484 e. The number of likely N-dealkylation sites (N-methyl/N-ethyl adjacent to an activating group) is 1. The zero-order valence-electron chi connectivity index (χ0n) is 16.7. The molecular weight excluding hydrogens is 449 g/mol. The molecule has 0 fully saturated rings. The molecule has 0 aliphatic rings. The summed E-state index contributed by atoms with van der Waals surface area (Å²) in [6, 6.07) is 11.5. The van der Waals surface area contributed by atoms with E-state index in [0.717, 1.165) is 6.20 Å². The Morgan fingerprint density at radius 3 is 2.53 bits per heavy atom. The third-order valence-electron chi connectivity index (χ3n) is 4.19. The van der Waals surface area contributed by atoms with Gasteiger partial charge in [-0.3, -0.25) is 9.59 Å². The number of nitrogens with zero attached hydrogens (tertiary/aromatic N) is 2. The van der Waals surface area contributed by atoms with E-state index in [-0.39, 0.29) is 29.6 Å². The predicted octanol–water partition coefficient (Wildman–Crippen LogP) is 4.31. The molecule has 2 amide bonds. The predicted molar refractivity (Wildman–Crippen MR) is 112 cm³/mol. The van der Waals surface area contributed by atoms with Crippen molar-refractivity contribution in [1.82, 2.24) is 15.1 Å². The van der Waals surface area contributed by atoms with E-state index in [1.807, 2.05) is 0 Å². The van der Waals surface area contributed by atoms with Gasteiger partial charge >= 0.3 is 6.18 Å². The van der Waals surface area contributed by atoms with E-state index in [9.17, 15) is 22.8 Å². The van der Waals surface area contributed by atoms with Gasteiger partial charge in [-0.1, -0.05) is 17.7 Å². The van der Waals surface area contributed by atoms with Crippen molar-refractivity contribution in [2.75, 3.05) is 18.5 Å². The van der Waals surface area contributed by atoms with Gasteiger partial charge in [-0.25, -0.2) is 4.68 Å². The molecule has 0 atom stereocenters. The van der Waals surface area contributed by atoms with Gasteiger partial charge in [-0.05, 0) is 43.3 Å². The quantitative estimate of drug-likeness (QED) is 0.543. The van der Waals surface area contributed by atoms with Crippen LogP contribution in [0.4, 0.5) is 18.9 Å². The van der Waals surface area contributed by atoms with Crippen molar-refractivity contribution in [1.29, 1.82) is 0 Å². The molecule has 0 spiro atoms. The van der Waals surface area contributed by atoms with Crippen LogP contribution in [0.15, 0.2) is 54.7 Å². The minimum absolute atomic E-state index is 0.0986. The molecule has 3 aromatic rings. The molecule has 0 radical (unpaired) electrons. The van der Waals surface area contributed by atoms with Crippen molar-refractivity contribution >= 4 is 29.1 Å². The topological polar surface area (TPSA) is 85.2 Å². The van der Waals surface area contributed by atoms with E-state index in [4.69, 9.17) is 16.3 Å². The van der Waals surface area contributed by atoms with Crippen molar-refractivity contribution in [2.24, 2.45) is 0 Å². The minimum Gasteiger partial charge on any atom is -0.484 e. The van der Waals surface area contributed by atoms with Gasteiger partial charge < -0.3 is 15.4 Å². The number of benzene rings is 2. The highest BCUT2D eigenvalue weighted by Gasteiger charge is 2.40. The van der Waals surface area contributed by atoms with Gasteiger partial charge in [0.1, 0.15) is 5.75 Å². The standard InChI is InChI=1S/C21H18ClF3N4O3/c1-2-26-18(30)12-32-16-5-3-4-14(10-16)28-20(31)17-11-27-29(19(17)21(23,24)25)15-8-6-13(22)7-9-15/h3-11H,2,12H2,1H3,(H,26,30)(H,28,31). The Hall–Kier alpha value is -3.53. The van der Waals surface area contributed by atoms with E-state index >= 15 is 0 Å². The van der Waals surface area contributed by atoms with Crippen LogP contribution in [0.5, 0.6) is 5.75 Å². The molecule has 0 saturated carbocycles. The first-order chi connectivity index (χ1) is 15.2. The van der Waals surface area contributed by atoms with Crippen LogP contribution >= 0.6 is 11.6 Å². The zero-order chi connectivity index (χ0) is 23.3. The Labute approximate surface area is 186 Å². The maximum Gasteiger partial charge on any atom is 0.434 e. The molecular formula is C21H18ClF3N4O3. The first-order valence-electron chi connectivity index (χ1n) is 9.41. The summed E-state index contributed by atoms with van der Waals surface area (Å²) in [5.74, 6) is -1.06. The number of anilines is 1. The van der Waals surface area contributed by atoms with Gasteiger partial charge in [-0.2, -0.15) is 18.3 Å². The summed E-state index contributed by atoms with van der Waals surface area (Å²) in [5.41, 5.74) is -1.58. The van der Waals surface area contributed by atoms with Crippen molar-refractivity contribution in [3.8, 4) is 11.4 Å². The van der Waals surface area contributed by atoms with Crippen LogP contribution in [0.3, 0.4) is 0 Å². The molecule has 3 rings (SSSR count). The molecule has 32 heavy (non-hydrogen) atoms. The SMILES string of the molecule is CCNC(=O)COc1cccc(NC(=O)c2cnn(-c3ccc(Cl)cc3)c2C(F)(F)F)c1. The number of carbonyl (C=O) groups is 2. The smallest absolute Gasteiger partial charge is 0.434 e. The number of alkyl halides is 3. The summed E-state index contributed by atoms with van der Waals surface area (Å²) in [6.45, 7) is 1.97. The summed E-state index contributed by atoms with van der Waals surface area (Å²) < 4.78 is 47.3. The first-order valence-corrected chi connectivity index (χ1v) is 9.79. The van der Waals surface area contributed by atoms with Gasteiger partial charge in [0.2, 0.25) is 0 Å². The van der Waals surface area contributed by atoms with Crippen molar-refractivity contribution in [3.63, 3.8) is 0 Å². The lowest BCUT2D eigenvalue weighted by atomic mass is 10.2. The minimum atomic E-state index is -4.85. The molecule has 1 aromatic heterocycles. The maximum atomic E-state index is 13.8. The average molecular weight is 467 g/mol. The zero-order valence-corrected chi connectivity index (χ0v) is 17.5. The highest BCUT2D eigenvalue weighted by atomic mass is 35.5. The van der Waals surface area contributed by atoms with Gasteiger partial charge in [0, 0.05) is 23.3 Å². The number of aromatic nitrogens is 2. The molecule has 2 aromatic carbocycles. The first kappa shape index (κ1) is 23.1. The fraction of sp³-hybridized carbons (Fsp3) is 0.190. The van der Waals surface area contributed by atoms with Crippen LogP contribution in [-0.4, -0.2) is 34.7 Å². The fourth-order valence-electron chi connectivity index (χ4n) is 2.82. The van der Waals surface area contributed by atoms with E-state index in [2.05, 4.69) is 15.7 Å². The third-order valence-corrected chi connectivity index (χ3v) is 4.44. The molecule has 0 aliphatic carbocycles. The molecule has 0 bridgehead atoms. The summed E-state index contributed by atoms with van der Waals surface area (Å²) >= 11 is 5.79. The summed E-state index contributed by atoms with van der Waals surface area (Å²) in [7, 11) is 0. The van der Waals surface area contributed by atoms with Crippen molar-refractivity contribution in [2.45, 2.75) is 13.1 Å². The Morgan fingerprint density at radius 1 is 1.16 bits per heavy atom. The van der Waals surface area contributed by atoms with Crippen LogP contribution in [0.25, 0.3) is 5.69 Å². The van der Waals surface area contributed by atoms with E-state index in [0.29, 0.717) is 16.2 Å². The van der Waals surface area contributed by atoms with Crippen LogP contribution in [-0.2, 0) is 11.0 Å². The van der Waals surface area contributed by atoms with Gasteiger partial charge in [0.05, 0.1) is 17.4 Å². The lowest BCUT2D eigenvalue weighted by Gasteiger charge is -2.13. The Balaban J connectivity index is 1.83. The number of hydrogen-bond donors (Lipinski definition) is 2. The third kappa shape index (κ3) is 5.58. The van der Waals surface area contributed by atoms with Gasteiger partial charge in [0.15, 0.2) is 12.3 Å². The molecule has 1 heterocycles. The van der Waals surface area contributed by atoms with Crippen LogP contribution in [0.2, 0.25) is 5.02 Å². The lowest BCUT2D eigenvalue weighted by molar-refractivity contribution is -0.143. The fourth-order valence-corrected chi connectivity index (χ4v) is 2.95. The molecule has 11 heteroatoms. The van der Waals surface area contributed by atoms with E-state index < -0.39 is 23.3 Å². The molecule has 2 N–H and O–H groups in total. The second-order valence-corrected chi connectivity index (χ2v) is 6.95. The summed E-state index contributed by atoms with van der Waals surface area (Å²) in [4.78, 5) is 24.2. The number of amides is 2. The molecule has 0 aliphatic heterocycles. The van der Waals surface area contributed by atoms with Crippen LogP contribution in [0, 0.1) is 0 Å². The Kier molecular flexibility index (Phi) is 7.04. The van der Waals surface area contributed by atoms with Crippen LogP contribution in [0.1, 0.15) is 23.0 Å². The lowest BCUT2D eigenvalue weighted by Crippen LogP contribution is -2.28. The summed E-state index contributed by atoms with van der Waals surface area (Å²) in [5, 5.41) is 9.07. The highest BCUT2D eigenvalue weighted by Crippen LogP contribution is 2.34. The normalized spacial score (nSPS) is 11.2. The van der Waals surface area contributed by atoms with E-state index in [1.54, 1.807) is 13.0 Å². The second kappa shape index (κ2) is 9.73. The van der Waals surface area contributed by atoms with Crippen molar-refractivity contribution in [3.05, 3.63) is 71.0 Å². The number of carbonyl (C=O) groups excluding carboxylic acids is 2. The Morgan fingerprint density at radius 2 is 1.88 bits per heavy atom. The van der Waals surface area contributed by atoms with Gasteiger partial charge in [0.25, 0.3) is 11.8 Å². The molecule has 7 nitrogen and oxygen atoms in total.